The van der Waals surface area contributed by atoms with E-state index in [1.165, 1.54) is 4.88 Å². The molecule has 0 saturated carbocycles. The lowest BCUT2D eigenvalue weighted by molar-refractivity contribution is -0.0141. The molecule has 13 heavy (non-hydrogen) atoms. The van der Waals surface area contributed by atoms with E-state index in [2.05, 4.69) is 25.8 Å². The number of nitrogens with zero attached hydrogens (tertiary/aromatic N) is 1. The van der Waals surface area contributed by atoms with Crippen LogP contribution in [-0.2, 0) is 16.8 Å². The first kappa shape index (κ1) is 10.7. The Labute approximate surface area is 84.0 Å². The van der Waals surface area contributed by atoms with Crippen LogP contribution in [0.4, 0.5) is 0 Å². The van der Waals surface area contributed by atoms with E-state index in [0.29, 0.717) is 0 Å². The molecule has 0 saturated heterocycles. The minimum absolute atomic E-state index is 0.229. The van der Waals surface area contributed by atoms with Gasteiger partial charge in [-0.05, 0) is 27.2 Å². The first-order valence-electron chi connectivity index (χ1n) is 4.69. The molecule has 0 amide bonds. The summed E-state index contributed by atoms with van der Waals surface area (Å²) in [5.74, 6) is 0. The first-order valence-corrected chi connectivity index (χ1v) is 5.51. The second-order valence-electron chi connectivity index (χ2n) is 3.43. The Kier molecular flexibility index (Phi) is 3.45. The number of hydrogen-bond acceptors (Lipinski definition) is 3. The monoisotopic (exact) mass is 199 g/mol. The Morgan fingerprint density at radius 3 is 2.62 bits per heavy atom. The van der Waals surface area contributed by atoms with Gasteiger partial charge in [-0.1, -0.05) is 6.92 Å². The summed E-state index contributed by atoms with van der Waals surface area (Å²) in [6.07, 6.45) is 3.00. The molecule has 1 aromatic rings. The Bertz CT molecular complexity index is 268. The largest absolute Gasteiger partial charge is 0.369 e. The smallest absolute Gasteiger partial charge is 0.124 e. The molecule has 74 valence electrons. The maximum atomic E-state index is 5.62. The van der Waals surface area contributed by atoms with Crippen LogP contribution in [0.15, 0.2) is 6.20 Å². The fourth-order valence-corrected chi connectivity index (χ4v) is 2.08. The molecule has 0 fully saturated rings. The molecule has 1 aromatic heterocycles. The number of ether oxygens (including phenoxy) is 1. The maximum absolute atomic E-state index is 5.62. The van der Waals surface area contributed by atoms with Crippen LogP contribution in [0.3, 0.4) is 0 Å². The van der Waals surface area contributed by atoms with Crippen molar-refractivity contribution in [3.05, 3.63) is 16.1 Å². The van der Waals surface area contributed by atoms with Crippen molar-refractivity contribution in [1.82, 2.24) is 4.98 Å². The second kappa shape index (κ2) is 4.20. The average molecular weight is 199 g/mol. The van der Waals surface area contributed by atoms with Crippen LogP contribution in [0.1, 0.15) is 37.6 Å². The van der Waals surface area contributed by atoms with Gasteiger partial charge in [0.25, 0.3) is 0 Å². The van der Waals surface area contributed by atoms with Crippen LogP contribution >= 0.6 is 11.3 Å². The van der Waals surface area contributed by atoms with Gasteiger partial charge >= 0.3 is 0 Å². The summed E-state index contributed by atoms with van der Waals surface area (Å²) in [4.78, 5) is 5.69. The van der Waals surface area contributed by atoms with Crippen LogP contribution in [0.5, 0.6) is 0 Å². The average Bonchev–Trinajstić information content (AvgIpc) is 2.52. The van der Waals surface area contributed by atoms with Gasteiger partial charge in [0.2, 0.25) is 0 Å². The van der Waals surface area contributed by atoms with Crippen molar-refractivity contribution in [3.63, 3.8) is 0 Å². The summed E-state index contributed by atoms with van der Waals surface area (Å²) in [5.41, 5.74) is -0.229. The molecule has 1 rings (SSSR count). The van der Waals surface area contributed by atoms with Gasteiger partial charge in [-0.2, -0.15) is 0 Å². The van der Waals surface area contributed by atoms with Gasteiger partial charge in [0, 0.05) is 17.7 Å². The van der Waals surface area contributed by atoms with Crippen LogP contribution in [0.2, 0.25) is 0 Å². The van der Waals surface area contributed by atoms with Crippen molar-refractivity contribution in [2.75, 3.05) is 6.61 Å². The fourth-order valence-electron chi connectivity index (χ4n) is 1.17. The van der Waals surface area contributed by atoms with Crippen molar-refractivity contribution >= 4 is 11.3 Å². The number of aryl methyl sites for hydroxylation is 1. The highest BCUT2D eigenvalue weighted by Crippen LogP contribution is 2.28. The Balaban J connectivity index is 2.80. The normalized spacial score (nSPS) is 12.0. The summed E-state index contributed by atoms with van der Waals surface area (Å²) in [6.45, 7) is 9.01. The molecule has 0 bridgehead atoms. The lowest BCUT2D eigenvalue weighted by atomic mass is 10.1. The highest BCUT2D eigenvalue weighted by molar-refractivity contribution is 7.11. The third-order valence-electron chi connectivity index (χ3n) is 1.92. The van der Waals surface area contributed by atoms with Gasteiger partial charge in [-0.25, -0.2) is 4.98 Å². The predicted octanol–water partition coefficient (Wildman–Crippen LogP) is 2.98. The van der Waals surface area contributed by atoms with E-state index < -0.39 is 0 Å². The van der Waals surface area contributed by atoms with Crippen molar-refractivity contribution in [2.45, 2.75) is 39.7 Å². The van der Waals surface area contributed by atoms with E-state index in [9.17, 15) is 0 Å². The van der Waals surface area contributed by atoms with Gasteiger partial charge in [0.05, 0.1) is 0 Å². The highest BCUT2D eigenvalue weighted by atomic mass is 32.1. The third-order valence-corrected chi connectivity index (χ3v) is 3.37. The molecular weight excluding hydrogens is 182 g/mol. The molecule has 0 atom stereocenters. The van der Waals surface area contributed by atoms with E-state index in [1.54, 1.807) is 11.3 Å². The molecule has 0 unspecified atom stereocenters. The minimum atomic E-state index is -0.229. The standard InChI is InChI=1S/C10H17NOS/c1-5-8-7-11-9(13-8)10(3,4)12-6-2/h7H,5-6H2,1-4H3. The quantitative estimate of drug-likeness (QED) is 0.743. The van der Waals surface area contributed by atoms with Gasteiger partial charge in [-0.15, -0.1) is 11.3 Å². The van der Waals surface area contributed by atoms with Crippen molar-refractivity contribution in [1.29, 1.82) is 0 Å². The maximum Gasteiger partial charge on any atom is 0.124 e. The zero-order valence-corrected chi connectivity index (χ0v) is 9.57. The fraction of sp³-hybridized carbons (Fsp3) is 0.700. The lowest BCUT2D eigenvalue weighted by Gasteiger charge is -2.21. The predicted molar refractivity (Wildman–Crippen MR) is 56.1 cm³/mol. The molecule has 0 spiro atoms. The van der Waals surface area contributed by atoms with Crippen LogP contribution in [0, 0.1) is 0 Å². The molecule has 0 aliphatic carbocycles. The zero-order chi connectivity index (χ0) is 9.90. The van der Waals surface area contributed by atoms with Gasteiger partial charge in [0.1, 0.15) is 10.6 Å². The topological polar surface area (TPSA) is 22.1 Å². The van der Waals surface area contributed by atoms with E-state index in [4.69, 9.17) is 4.74 Å². The molecule has 0 aromatic carbocycles. The summed E-state index contributed by atoms with van der Waals surface area (Å²) in [5, 5.41) is 1.08. The van der Waals surface area contributed by atoms with Crippen LogP contribution in [0.25, 0.3) is 0 Å². The van der Waals surface area contributed by atoms with E-state index in [0.717, 1.165) is 18.0 Å². The summed E-state index contributed by atoms with van der Waals surface area (Å²) in [6, 6.07) is 0. The SMILES string of the molecule is CCOC(C)(C)c1ncc(CC)s1. The molecule has 0 aliphatic rings. The summed E-state index contributed by atoms with van der Waals surface area (Å²) >= 11 is 1.74. The number of aromatic nitrogens is 1. The van der Waals surface area contributed by atoms with Crippen LogP contribution < -0.4 is 0 Å². The first-order chi connectivity index (χ1) is 6.10. The molecular formula is C10H17NOS. The van der Waals surface area contributed by atoms with E-state index in [-0.39, 0.29) is 5.60 Å². The zero-order valence-electron chi connectivity index (χ0n) is 8.76. The molecule has 1 heterocycles. The molecule has 2 nitrogen and oxygen atoms in total. The summed E-state index contributed by atoms with van der Waals surface area (Å²) in [7, 11) is 0. The molecule has 0 N–H and O–H groups in total. The second-order valence-corrected chi connectivity index (χ2v) is 4.54. The lowest BCUT2D eigenvalue weighted by Crippen LogP contribution is -2.21. The van der Waals surface area contributed by atoms with Gasteiger partial charge < -0.3 is 4.74 Å². The van der Waals surface area contributed by atoms with Gasteiger partial charge in [0.15, 0.2) is 0 Å². The Hall–Kier alpha value is -0.410. The van der Waals surface area contributed by atoms with Crippen molar-refractivity contribution < 1.29 is 4.74 Å². The number of rotatable bonds is 4. The highest BCUT2D eigenvalue weighted by Gasteiger charge is 2.24. The third kappa shape index (κ3) is 2.51. The van der Waals surface area contributed by atoms with Crippen LogP contribution in [-0.4, -0.2) is 11.6 Å². The van der Waals surface area contributed by atoms with Crippen molar-refractivity contribution in [2.24, 2.45) is 0 Å². The molecule has 0 aliphatic heterocycles. The minimum Gasteiger partial charge on any atom is -0.369 e. The summed E-state index contributed by atoms with van der Waals surface area (Å²) < 4.78 is 5.62. The number of thiazole rings is 1. The van der Waals surface area contributed by atoms with E-state index >= 15 is 0 Å². The van der Waals surface area contributed by atoms with Gasteiger partial charge in [-0.3, -0.25) is 0 Å². The molecule has 3 heteroatoms. The molecule has 0 radical (unpaired) electrons. The number of hydrogen-bond donors (Lipinski definition) is 0. The van der Waals surface area contributed by atoms with E-state index in [1.807, 2.05) is 13.1 Å². The van der Waals surface area contributed by atoms with Crippen molar-refractivity contribution in [3.8, 4) is 0 Å². The Morgan fingerprint density at radius 1 is 1.46 bits per heavy atom. The Morgan fingerprint density at radius 2 is 2.15 bits per heavy atom.